The van der Waals surface area contributed by atoms with Gasteiger partial charge in [0.15, 0.2) is 5.78 Å². The Balaban J connectivity index is 1.60. The van der Waals surface area contributed by atoms with Crippen molar-refractivity contribution < 1.29 is 9.59 Å². The molecule has 0 bridgehead atoms. The van der Waals surface area contributed by atoms with Gasteiger partial charge in [-0.2, -0.15) is 11.3 Å². The monoisotopic (exact) mass is 504 g/mol. The topological polar surface area (TPSA) is 49.4 Å². The van der Waals surface area contributed by atoms with E-state index in [1.165, 1.54) is 15.6 Å². The number of nitrogens with zero attached hydrogens (tertiary/aromatic N) is 1. The van der Waals surface area contributed by atoms with E-state index in [1.54, 1.807) is 24.3 Å². The molecule has 4 nitrogen and oxygen atoms in total. The summed E-state index contributed by atoms with van der Waals surface area (Å²) < 4.78 is 1.42. The number of thiophene rings is 1. The van der Waals surface area contributed by atoms with Crippen molar-refractivity contribution in [3.63, 3.8) is 0 Å². The molecule has 170 valence electrons. The van der Waals surface area contributed by atoms with Crippen molar-refractivity contribution in [1.29, 1.82) is 0 Å². The molecule has 1 fully saturated rings. The molecule has 1 aromatic heterocycles. The van der Waals surface area contributed by atoms with Crippen LogP contribution in [0, 0.1) is 0 Å². The molecule has 0 aliphatic carbocycles. The normalized spacial score (nSPS) is 20.4. The fourth-order valence-corrected chi connectivity index (χ4v) is 5.94. The predicted molar refractivity (Wildman–Crippen MR) is 141 cm³/mol. The standard InChI is InChI=1S/C27H21ClN2O2S2/c28-23-12-5-4-11-22(23)25-24(31)16-27(30(33)26(25)32,19-13-14-34-17-19)18-7-6-10-21(15-18)29-20-8-2-1-3-9-20/h1-15,17,25,29,33H,16H2. The summed E-state index contributed by atoms with van der Waals surface area (Å²) >= 11 is 12.6. The Morgan fingerprint density at radius 3 is 2.38 bits per heavy atom. The predicted octanol–water partition coefficient (Wildman–Crippen LogP) is 6.82. The number of para-hydroxylation sites is 1. The number of Topliss-reactive ketones (excluding diaryl/α,β-unsaturated/α-hetero) is 1. The van der Waals surface area contributed by atoms with Crippen LogP contribution in [0.4, 0.5) is 11.4 Å². The number of carbonyl (C=O) groups is 2. The number of carbonyl (C=O) groups excluding carboxylic acids is 2. The second-order valence-corrected chi connectivity index (χ2v) is 9.78. The van der Waals surface area contributed by atoms with Crippen molar-refractivity contribution in [3.05, 3.63) is 117 Å². The van der Waals surface area contributed by atoms with Crippen molar-refractivity contribution in [3.8, 4) is 0 Å². The van der Waals surface area contributed by atoms with Crippen LogP contribution >= 0.6 is 35.8 Å². The van der Waals surface area contributed by atoms with Gasteiger partial charge in [0, 0.05) is 22.8 Å². The summed E-state index contributed by atoms with van der Waals surface area (Å²) in [6.45, 7) is 0. The smallest absolute Gasteiger partial charge is 0.248 e. The highest BCUT2D eigenvalue weighted by molar-refractivity contribution is 7.78. The molecule has 7 heteroatoms. The van der Waals surface area contributed by atoms with Crippen LogP contribution in [-0.4, -0.2) is 16.0 Å². The highest BCUT2D eigenvalue weighted by Gasteiger charge is 2.52. The third-order valence-electron chi connectivity index (χ3n) is 6.19. The zero-order valence-corrected chi connectivity index (χ0v) is 20.5. The molecule has 2 heterocycles. The Bertz CT molecular complexity index is 1340. The number of hydrogen-bond donors (Lipinski definition) is 2. The summed E-state index contributed by atoms with van der Waals surface area (Å²) in [6.07, 6.45) is 0.0870. The molecular weight excluding hydrogens is 484 g/mol. The molecule has 0 saturated carbocycles. The minimum atomic E-state index is -1.04. The van der Waals surface area contributed by atoms with E-state index in [0.717, 1.165) is 22.5 Å². The molecule has 4 aromatic rings. The molecule has 0 spiro atoms. The van der Waals surface area contributed by atoms with Gasteiger partial charge in [-0.05, 0) is 63.8 Å². The second kappa shape index (κ2) is 9.29. The van der Waals surface area contributed by atoms with E-state index in [9.17, 15) is 9.59 Å². The highest BCUT2D eigenvalue weighted by Crippen LogP contribution is 2.48. The maximum atomic E-state index is 13.7. The Kier molecular flexibility index (Phi) is 6.21. The lowest BCUT2D eigenvalue weighted by molar-refractivity contribution is -0.142. The molecule has 2 atom stereocenters. The maximum absolute atomic E-state index is 13.7. The van der Waals surface area contributed by atoms with Crippen molar-refractivity contribution >= 4 is 58.8 Å². The van der Waals surface area contributed by atoms with E-state index < -0.39 is 11.5 Å². The van der Waals surface area contributed by atoms with Gasteiger partial charge in [0.2, 0.25) is 5.91 Å². The lowest BCUT2D eigenvalue weighted by atomic mass is 9.73. The van der Waals surface area contributed by atoms with Crippen molar-refractivity contribution in [1.82, 2.24) is 4.31 Å². The van der Waals surface area contributed by atoms with Crippen LogP contribution in [0.3, 0.4) is 0 Å². The first-order valence-electron chi connectivity index (χ1n) is 10.8. The Morgan fingerprint density at radius 2 is 1.65 bits per heavy atom. The van der Waals surface area contributed by atoms with E-state index in [0.29, 0.717) is 10.6 Å². The average molecular weight is 505 g/mol. The molecule has 1 aliphatic heterocycles. The van der Waals surface area contributed by atoms with Crippen LogP contribution in [0.2, 0.25) is 5.02 Å². The number of piperidine rings is 1. The number of hydrogen-bond acceptors (Lipinski definition) is 5. The largest absolute Gasteiger partial charge is 0.356 e. The number of amides is 1. The van der Waals surface area contributed by atoms with Crippen molar-refractivity contribution in [2.45, 2.75) is 17.9 Å². The third kappa shape index (κ3) is 3.92. The summed E-state index contributed by atoms with van der Waals surface area (Å²) in [7, 11) is 0. The van der Waals surface area contributed by atoms with Gasteiger partial charge >= 0.3 is 0 Å². The first-order chi connectivity index (χ1) is 16.5. The third-order valence-corrected chi connectivity index (χ3v) is 7.75. The fourth-order valence-electron chi connectivity index (χ4n) is 4.55. The summed E-state index contributed by atoms with van der Waals surface area (Å²) in [5.41, 5.74) is 2.93. The number of anilines is 2. The second-order valence-electron chi connectivity index (χ2n) is 8.19. The van der Waals surface area contributed by atoms with E-state index in [1.807, 2.05) is 71.4 Å². The lowest BCUT2D eigenvalue weighted by Gasteiger charge is -2.46. The Hall–Kier alpha value is -3.06. The van der Waals surface area contributed by atoms with Gasteiger partial charge in [-0.25, -0.2) is 0 Å². The molecule has 5 rings (SSSR count). The van der Waals surface area contributed by atoms with Gasteiger partial charge in [0.25, 0.3) is 0 Å². The molecular formula is C27H21ClN2O2S2. The maximum Gasteiger partial charge on any atom is 0.248 e. The van der Waals surface area contributed by atoms with Gasteiger partial charge in [-0.15, -0.1) is 0 Å². The van der Waals surface area contributed by atoms with Gasteiger partial charge < -0.3 is 5.32 Å². The Morgan fingerprint density at radius 1 is 0.912 bits per heavy atom. The zero-order chi connectivity index (χ0) is 23.7. The van der Waals surface area contributed by atoms with Crippen molar-refractivity contribution in [2.75, 3.05) is 5.32 Å². The highest BCUT2D eigenvalue weighted by atomic mass is 35.5. The SMILES string of the molecule is O=C1CC(c2ccsc2)(c2cccc(Nc3ccccc3)c2)N(S)C(=O)C1c1ccccc1Cl. The van der Waals surface area contributed by atoms with Crippen LogP contribution in [-0.2, 0) is 15.1 Å². The zero-order valence-electron chi connectivity index (χ0n) is 18.0. The van der Waals surface area contributed by atoms with E-state index in [2.05, 4.69) is 5.32 Å². The van der Waals surface area contributed by atoms with Gasteiger partial charge in [-0.1, -0.05) is 72.9 Å². The number of rotatable bonds is 5. The minimum absolute atomic E-state index is 0.0870. The van der Waals surface area contributed by atoms with E-state index in [-0.39, 0.29) is 18.1 Å². The molecule has 1 amide bonds. The molecule has 34 heavy (non-hydrogen) atoms. The summed E-state index contributed by atoms with van der Waals surface area (Å²) in [5, 5.41) is 7.71. The Labute approximate surface area is 212 Å². The number of ketones is 1. The van der Waals surface area contributed by atoms with Crippen LogP contribution in [0.25, 0.3) is 0 Å². The summed E-state index contributed by atoms with van der Waals surface area (Å²) in [6, 6.07) is 26.6. The van der Waals surface area contributed by atoms with Crippen LogP contribution in [0.15, 0.2) is 95.7 Å². The fraction of sp³-hybridized carbons (Fsp3) is 0.111. The van der Waals surface area contributed by atoms with Gasteiger partial charge in [-0.3, -0.25) is 13.9 Å². The lowest BCUT2D eigenvalue weighted by Crippen LogP contribution is -2.54. The minimum Gasteiger partial charge on any atom is -0.356 e. The van der Waals surface area contributed by atoms with Gasteiger partial charge in [0.1, 0.15) is 11.5 Å². The quantitative estimate of drug-likeness (QED) is 0.231. The molecule has 1 aliphatic rings. The van der Waals surface area contributed by atoms with E-state index >= 15 is 0 Å². The molecule has 3 aromatic carbocycles. The van der Waals surface area contributed by atoms with Crippen LogP contribution in [0.5, 0.6) is 0 Å². The summed E-state index contributed by atoms with van der Waals surface area (Å²) in [4.78, 5) is 27.3. The van der Waals surface area contributed by atoms with Crippen LogP contribution in [0.1, 0.15) is 29.0 Å². The number of benzene rings is 3. The van der Waals surface area contributed by atoms with E-state index in [4.69, 9.17) is 24.4 Å². The first kappa shape index (κ1) is 22.7. The van der Waals surface area contributed by atoms with Gasteiger partial charge in [0.05, 0.1) is 0 Å². The first-order valence-corrected chi connectivity index (χ1v) is 12.5. The van der Waals surface area contributed by atoms with Crippen LogP contribution < -0.4 is 5.32 Å². The molecule has 1 N–H and O–H groups in total. The summed E-state index contributed by atoms with van der Waals surface area (Å²) in [5.74, 6) is -1.56. The molecule has 2 unspecified atom stereocenters. The number of nitrogens with one attached hydrogen (secondary N) is 1. The average Bonchev–Trinajstić information content (AvgIpc) is 3.39. The molecule has 0 radical (unpaired) electrons. The number of thiol groups is 1. The molecule has 1 saturated heterocycles. The van der Waals surface area contributed by atoms with Crippen molar-refractivity contribution in [2.24, 2.45) is 0 Å². The number of halogens is 1.